The largest absolute Gasteiger partial charge is 0.740 e. The fraction of sp³-hybridized carbons (Fsp3) is 0.389. The minimum Gasteiger partial charge on any atom is -0.740 e. The number of anilines is 1. The summed E-state index contributed by atoms with van der Waals surface area (Å²) in [5.74, 6) is 2.16. The predicted octanol–water partition coefficient (Wildman–Crippen LogP) is 6.32. The van der Waals surface area contributed by atoms with Crippen molar-refractivity contribution >= 4 is 46.5 Å². The van der Waals surface area contributed by atoms with Crippen LogP contribution in [0.2, 0.25) is 0 Å². The first-order valence-electron chi connectivity index (χ1n) is 15.7. The van der Waals surface area contributed by atoms with Crippen LogP contribution in [0.15, 0.2) is 77.4 Å². The van der Waals surface area contributed by atoms with Gasteiger partial charge in [0, 0.05) is 65.2 Å². The fourth-order valence-corrected chi connectivity index (χ4v) is 7.08. The zero-order chi connectivity index (χ0) is 34.9. The van der Waals surface area contributed by atoms with E-state index in [-0.39, 0.29) is 12.2 Å². The van der Waals surface area contributed by atoms with E-state index < -0.39 is 28.2 Å². The highest BCUT2D eigenvalue weighted by Gasteiger charge is 2.44. The van der Waals surface area contributed by atoms with Crippen molar-refractivity contribution in [3.63, 3.8) is 0 Å². The Morgan fingerprint density at radius 2 is 1.85 bits per heavy atom. The SMILES string of the molecule is C#CCCCCN1/C(=C/C=C/C=C/C2=[N+](CCCCC(=O)O)c3ccc(SOO[O-])cc3C2(C)C)C(C)(C)c2cc(OS(=O)[O-])ccc21. The molecule has 0 aliphatic carbocycles. The number of fused-ring (bicyclic) bond motifs is 2. The van der Waals surface area contributed by atoms with E-state index in [9.17, 15) is 18.8 Å². The summed E-state index contributed by atoms with van der Waals surface area (Å²) >= 11 is -1.82. The van der Waals surface area contributed by atoms with Crippen LogP contribution in [0, 0.1) is 12.3 Å². The molecular formula is C36H41N2O8S2-. The van der Waals surface area contributed by atoms with Crippen LogP contribution in [-0.4, -0.2) is 43.2 Å². The summed E-state index contributed by atoms with van der Waals surface area (Å²) in [7, 11) is 0. The normalized spacial score (nSPS) is 17.7. The maximum Gasteiger partial charge on any atom is 0.303 e. The van der Waals surface area contributed by atoms with Crippen LogP contribution < -0.4 is 14.3 Å². The van der Waals surface area contributed by atoms with Crippen LogP contribution in [0.1, 0.15) is 77.3 Å². The summed E-state index contributed by atoms with van der Waals surface area (Å²) in [6.45, 7) is 9.89. The highest BCUT2D eigenvalue weighted by Crippen LogP contribution is 2.49. The van der Waals surface area contributed by atoms with E-state index in [2.05, 4.69) is 64.6 Å². The van der Waals surface area contributed by atoms with Gasteiger partial charge in [-0.25, -0.2) is 4.21 Å². The molecule has 2 aromatic carbocycles. The molecule has 256 valence electrons. The van der Waals surface area contributed by atoms with Crippen LogP contribution >= 0.6 is 12.0 Å². The van der Waals surface area contributed by atoms with Gasteiger partial charge in [-0.1, -0.05) is 32.1 Å². The van der Waals surface area contributed by atoms with Crippen LogP contribution in [0.3, 0.4) is 0 Å². The second-order valence-electron chi connectivity index (χ2n) is 12.6. The molecule has 0 aromatic heterocycles. The van der Waals surface area contributed by atoms with E-state index in [0.29, 0.717) is 25.8 Å². The Morgan fingerprint density at radius 3 is 2.56 bits per heavy atom. The number of hydrogen-bond acceptors (Lipinski definition) is 9. The van der Waals surface area contributed by atoms with Crippen molar-refractivity contribution in [1.82, 2.24) is 0 Å². The minimum atomic E-state index is -2.67. The molecular weight excluding hydrogens is 653 g/mol. The van der Waals surface area contributed by atoms with Gasteiger partial charge in [-0.2, -0.15) is 8.91 Å². The number of carboxylic acids is 1. The zero-order valence-electron chi connectivity index (χ0n) is 27.6. The summed E-state index contributed by atoms with van der Waals surface area (Å²) in [6.07, 6.45) is 19.5. The van der Waals surface area contributed by atoms with Gasteiger partial charge in [0.1, 0.15) is 23.7 Å². The van der Waals surface area contributed by atoms with E-state index in [1.165, 1.54) is 0 Å². The molecule has 2 aliphatic heterocycles. The lowest BCUT2D eigenvalue weighted by Crippen LogP contribution is -2.28. The van der Waals surface area contributed by atoms with E-state index in [4.69, 9.17) is 15.7 Å². The molecule has 2 heterocycles. The van der Waals surface area contributed by atoms with Gasteiger partial charge < -0.3 is 24.0 Å². The number of terminal acetylenes is 1. The van der Waals surface area contributed by atoms with Crippen molar-refractivity contribution in [3.8, 4) is 18.1 Å². The summed E-state index contributed by atoms with van der Waals surface area (Å²) in [4.78, 5) is 14.1. The summed E-state index contributed by atoms with van der Waals surface area (Å²) in [5.41, 5.74) is 5.36. The Balaban J connectivity index is 1.63. The quantitative estimate of drug-likeness (QED) is 0.0293. The smallest absolute Gasteiger partial charge is 0.303 e. The third kappa shape index (κ3) is 8.66. The Hall–Kier alpha value is -3.70. The summed E-state index contributed by atoms with van der Waals surface area (Å²) in [5, 5.41) is 23.1. The molecule has 1 unspecified atom stereocenters. The van der Waals surface area contributed by atoms with E-state index in [1.807, 2.05) is 42.5 Å². The Kier molecular flexibility index (Phi) is 12.8. The number of unbranched alkanes of at least 4 members (excludes halogenated alkanes) is 3. The molecule has 0 saturated heterocycles. The highest BCUT2D eigenvalue weighted by atomic mass is 32.2. The van der Waals surface area contributed by atoms with Gasteiger partial charge in [-0.05, 0) is 75.1 Å². The van der Waals surface area contributed by atoms with Crippen molar-refractivity contribution in [2.45, 2.75) is 81.9 Å². The van der Waals surface area contributed by atoms with E-state index >= 15 is 0 Å². The molecule has 0 spiro atoms. The standard InChI is InChI=1S/C36H42N2O8S2/c1-6-7-8-13-22-37-30-20-18-26(44-48(42)43)24-28(30)35(2,3)32(37)15-10-9-11-16-33-36(4,5)29-25-27(47-46-45-41)19-21-31(29)38(33)23-14-12-17-34(39)40/h1,9-11,15-16,18-21,24-25H,7-8,12-14,17,22-23H2,2-5H3,(H2-,39,40,41,42,43)/p-1. The van der Waals surface area contributed by atoms with E-state index in [1.54, 1.807) is 12.1 Å². The van der Waals surface area contributed by atoms with Crippen LogP contribution in [0.5, 0.6) is 5.75 Å². The van der Waals surface area contributed by atoms with Gasteiger partial charge in [-0.3, -0.25) is 9.83 Å². The lowest BCUT2D eigenvalue weighted by Gasteiger charge is -2.27. The number of aliphatic carboxylic acids is 1. The Bertz CT molecular complexity index is 1690. The second-order valence-corrected chi connectivity index (χ2v) is 14.0. The van der Waals surface area contributed by atoms with Gasteiger partial charge in [0.15, 0.2) is 5.71 Å². The van der Waals surface area contributed by atoms with Gasteiger partial charge in [0.05, 0.1) is 17.5 Å². The molecule has 48 heavy (non-hydrogen) atoms. The zero-order valence-corrected chi connectivity index (χ0v) is 29.2. The first kappa shape index (κ1) is 37.1. The maximum absolute atomic E-state index is 11.2. The molecule has 0 radical (unpaired) electrons. The van der Waals surface area contributed by atoms with Crippen molar-refractivity contribution in [2.24, 2.45) is 0 Å². The number of hydrogen-bond donors (Lipinski definition) is 1. The number of nitrogens with zero attached hydrogens (tertiary/aromatic N) is 2. The number of carbonyl (C=O) groups is 1. The summed E-state index contributed by atoms with van der Waals surface area (Å²) in [6, 6.07) is 11.2. The fourth-order valence-electron chi connectivity index (χ4n) is 6.43. The molecule has 2 aromatic rings. The van der Waals surface area contributed by atoms with Crippen LogP contribution in [0.25, 0.3) is 0 Å². The van der Waals surface area contributed by atoms with Gasteiger partial charge in [-0.15, -0.1) is 12.3 Å². The van der Waals surface area contributed by atoms with Gasteiger partial charge in [0.2, 0.25) is 5.69 Å². The molecule has 0 bridgehead atoms. The first-order chi connectivity index (χ1) is 22.9. The molecule has 10 nitrogen and oxygen atoms in total. The van der Waals surface area contributed by atoms with Crippen LogP contribution in [-0.2, 0) is 36.4 Å². The molecule has 0 saturated carbocycles. The molecule has 0 fully saturated rings. The van der Waals surface area contributed by atoms with Crippen molar-refractivity contribution in [1.29, 1.82) is 0 Å². The van der Waals surface area contributed by atoms with Crippen molar-refractivity contribution in [2.75, 3.05) is 18.0 Å². The third-order valence-electron chi connectivity index (χ3n) is 8.75. The Labute approximate surface area is 289 Å². The van der Waals surface area contributed by atoms with Gasteiger partial charge >= 0.3 is 5.97 Å². The molecule has 2 aliphatic rings. The summed E-state index contributed by atoms with van der Waals surface area (Å²) < 4.78 is 34.1. The third-order valence-corrected chi connectivity index (χ3v) is 9.65. The number of carboxylic acid groups (broad SMARTS) is 1. The number of allylic oxidation sites excluding steroid dienone is 6. The predicted molar refractivity (Wildman–Crippen MR) is 184 cm³/mol. The monoisotopic (exact) mass is 693 g/mol. The lowest BCUT2D eigenvalue weighted by molar-refractivity contribution is -0.777. The maximum atomic E-state index is 11.2. The minimum absolute atomic E-state index is 0.114. The molecule has 12 heteroatoms. The topological polar surface area (TPSA) is 134 Å². The van der Waals surface area contributed by atoms with Crippen LogP contribution in [0.4, 0.5) is 11.4 Å². The van der Waals surface area contributed by atoms with Gasteiger partial charge in [0.25, 0.3) is 0 Å². The Morgan fingerprint density at radius 1 is 1.06 bits per heavy atom. The average Bonchev–Trinajstić information content (AvgIpc) is 3.37. The second kappa shape index (κ2) is 16.6. The van der Waals surface area contributed by atoms with Crippen molar-refractivity contribution < 1.29 is 42.1 Å². The molecule has 1 atom stereocenters. The molecule has 4 rings (SSSR count). The molecule has 0 amide bonds. The van der Waals surface area contributed by atoms with Crippen molar-refractivity contribution in [3.05, 3.63) is 83.6 Å². The lowest BCUT2D eigenvalue weighted by atomic mass is 9.81. The number of benzene rings is 2. The van der Waals surface area contributed by atoms with E-state index in [0.717, 1.165) is 70.2 Å². The first-order valence-corrected chi connectivity index (χ1v) is 17.5. The highest BCUT2D eigenvalue weighted by molar-refractivity contribution is 7.94. The average molecular weight is 694 g/mol. The molecule has 1 N–H and O–H groups in total. The number of rotatable bonds is 17.